The smallest absolute Gasteiger partial charge is 0.191 e. The van der Waals surface area contributed by atoms with Gasteiger partial charge in [-0.15, -0.1) is 24.0 Å². The third kappa shape index (κ3) is 7.15. The van der Waals surface area contributed by atoms with Crippen LogP contribution in [-0.4, -0.2) is 74.7 Å². The van der Waals surface area contributed by atoms with Crippen molar-refractivity contribution in [3.8, 4) is 0 Å². The Morgan fingerprint density at radius 1 is 1.38 bits per heavy atom. The van der Waals surface area contributed by atoms with Crippen molar-refractivity contribution in [3.05, 3.63) is 0 Å². The molecule has 1 aliphatic rings. The topological polar surface area (TPSA) is 42.9 Å². The molecule has 0 aromatic carbocycles. The van der Waals surface area contributed by atoms with Gasteiger partial charge < -0.3 is 15.5 Å². The highest BCUT2D eigenvalue weighted by Crippen LogP contribution is 2.18. The van der Waals surface area contributed by atoms with Crippen LogP contribution in [0.2, 0.25) is 0 Å². The van der Waals surface area contributed by atoms with Gasteiger partial charge in [0, 0.05) is 45.3 Å². The summed E-state index contributed by atoms with van der Waals surface area (Å²) in [4.78, 5) is 9.15. The van der Waals surface area contributed by atoms with Crippen molar-refractivity contribution in [2.75, 3.05) is 46.8 Å². The molecule has 0 amide bonds. The Kier molecular flexibility index (Phi) is 10.6. The predicted molar refractivity (Wildman–Crippen MR) is 103 cm³/mol. The van der Waals surface area contributed by atoms with Crippen LogP contribution in [-0.2, 0) is 0 Å². The molecule has 0 aliphatic carbocycles. The van der Waals surface area contributed by atoms with E-state index in [1.807, 2.05) is 7.05 Å². The fourth-order valence-corrected chi connectivity index (χ4v) is 2.51. The Morgan fingerprint density at radius 2 is 2.05 bits per heavy atom. The summed E-state index contributed by atoms with van der Waals surface area (Å²) in [6.45, 7) is 14.3. The minimum absolute atomic E-state index is 0. The number of nitrogens with zero attached hydrogens (tertiary/aromatic N) is 3. The molecule has 6 heteroatoms. The van der Waals surface area contributed by atoms with E-state index in [0.29, 0.717) is 18.0 Å². The fraction of sp³-hybridized carbons (Fsp3) is 0.933. The number of hydrogen-bond acceptors (Lipinski definition) is 3. The van der Waals surface area contributed by atoms with Crippen molar-refractivity contribution in [2.45, 2.75) is 39.8 Å². The molecule has 5 nitrogen and oxygen atoms in total. The molecule has 0 radical (unpaired) electrons. The van der Waals surface area contributed by atoms with E-state index in [-0.39, 0.29) is 24.0 Å². The van der Waals surface area contributed by atoms with Crippen molar-refractivity contribution in [3.63, 3.8) is 0 Å². The van der Waals surface area contributed by atoms with Gasteiger partial charge in [-0.05, 0) is 33.4 Å². The molecule has 1 fully saturated rings. The number of guanidine groups is 1. The van der Waals surface area contributed by atoms with E-state index in [1.165, 1.54) is 6.54 Å². The molecule has 0 spiro atoms. The zero-order valence-electron chi connectivity index (χ0n) is 14.5. The van der Waals surface area contributed by atoms with Gasteiger partial charge in [0.2, 0.25) is 0 Å². The molecule has 0 aromatic rings. The summed E-state index contributed by atoms with van der Waals surface area (Å²) in [7, 11) is 3.98. The molecule has 0 bridgehead atoms. The summed E-state index contributed by atoms with van der Waals surface area (Å²) >= 11 is 0. The van der Waals surface area contributed by atoms with Gasteiger partial charge >= 0.3 is 0 Å². The van der Waals surface area contributed by atoms with E-state index in [0.717, 1.165) is 32.1 Å². The predicted octanol–water partition coefficient (Wildman–Crippen LogP) is 1.45. The van der Waals surface area contributed by atoms with Crippen LogP contribution >= 0.6 is 24.0 Å². The van der Waals surface area contributed by atoms with Gasteiger partial charge in [0.1, 0.15) is 0 Å². The van der Waals surface area contributed by atoms with E-state index in [2.05, 4.69) is 60.2 Å². The number of aliphatic imine (C=N–C) groups is 1. The van der Waals surface area contributed by atoms with Crippen molar-refractivity contribution in [1.82, 2.24) is 20.4 Å². The lowest BCUT2D eigenvalue weighted by molar-refractivity contribution is 0.265. The minimum atomic E-state index is 0. The van der Waals surface area contributed by atoms with Crippen molar-refractivity contribution in [1.29, 1.82) is 0 Å². The molecule has 0 aromatic heterocycles. The first-order valence-corrected chi connectivity index (χ1v) is 7.87. The van der Waals surface area contributed by atoms with Gasteiger partial charge in [0.05, 0.1) is 0 Å². The molecule has 2 unspecified atom stereocenters. The van der Waals surface area contributed by atoms with Crippen LogP contribution in [0.5, 0.6) is 0 Å². The number of halogens is 1. The molecule has 1 saturated heterocycles. The average molecular weight is 411 g/mol. The SMILES string of the molecule is CCN(C)CCNC(=NC)NC1CN(C(C)C)CC1C.I. The van der Waals surface area contributed by atoms with Gasteiger partial charge in [-0.25, -0.2) is 0 Å². The van der Waals surface area contributed by atoms with E-state index in [4.69, 9.17) is 0 Å². The van der Waals surface area contributed by atoms with Crippen LogP contribution in [0.15, 0.2) is 4.99 Å². The second-order valence-corrected chi connectivity index (χ2v) is 6.17. The quantitative estimate of drug-likeness (QED) is 0.395. The second kappa shape index (κ2) is 10.6. The minimum Gasteiger partial charge on any atom is -0.355 e. The molecule has 2 atom stereocenters. The maximum atomic E-state index is 4.34. The molecule has 1 heterocycles. The summed E-state index contributed by atoms with van der Waals surface area (Å²) in [6, 6.07) is 1.12. The van der Waals surface area contributed by atoms with Crippen LogP contribution < -0.4 is 10.6 Å². The third-order valence-corrected chi connectivity index (χ3v) is 4.24. The molecular formula is C15H34IN5. The second-order valence-electron chi connectivity index (χ2n) is 6.17. The average Bonchev–Trinajstić information content (AvgIpc) is 2.78. The van der Waals surface area contributed by atoms with E-state index < -0.39 is 0 Å². The largest absolute Gasteiger partial charge is 0.355 e. The number of likely N-dealkylation sites (tertiary alicyclic amines) is 1. The van der Waals surface area contributed by atoms with Crippen LogP contribution in [0.25, 0.3) is 0 Å². The molecule has 126 valence electrons. The number of rotatable bonds is 6. The number of nitrogens with one attached hydrogen (secondary N) is 2. The Labute approximate surface area is 148 Å². The summed E-state index contributed by atoms with van der Waals surface area (Å²) in [5.41, 5.74) is 0. The standard InChI is InChI=1S/C15H33N5.HI/c1-7-19(6)9-8-17-15(16-5)18-14-11-20(12(2)3)10-13(14)4;/h12-14H,7-11H2,1-6H3,(H2,16,17,18);1H. The molecule has 1 aliphatic heterocycles. The number of hydrogen-bond donors (Lipinski definition) is 2. The van der Waals surface area contributed by atoms with Crippen molar-refractivity contribution < 1.29 is 0 Å². The van der Waals surface area contributed by atoms with E-state index >= 15 is 0 Å². The highest BCUT2D eigenvalue weighted by Gasteiger charge is 2.31. The van der Waals surface area contributed by atoms with Crippen molar-refractivity contribution in [2.24, 2.45) is 10.9 Å². The summed E-state index contributed by atoms with van der Waals surface area (Å²) in [5.74, 6) is 1.59. The lowest BCUT2D eigenvalue weighted by atomic mass is 10.1. The monoisotopic (exact) mass is 411 g/mol. The van der Waals surface area contributed by atoms with Crippen LogP contribution in [0.3, 0.4) is 0 Å². The summed E-state index contributed by atoms with van der Waals surface area (Å²) in [6.07, 6.45) is 0. The molecule has 1 rings (SSSR count). The lowest BCUT2D eigenvalue weighted by Crippen LogP contribution is -2.48. The lowest BCUT2D eigenvalue weighted by Gasteiger charge is -2.22. The molecular weight excluding hydrogens is 377 g/mol. The van der Waals surface area contributed by atoms with Gasteiger partial charge in [-0.2, -0.15) is 0 Å². The van der Waals surface area contributed by atoms with Crippen LogP contribution in [0.1, 0.15) is 27.7 Å². The third-order valence-electron chi connectivity index (χ3n) is 4.24. The van der Waals surface area contributed by atoms with E-state index in [9.17, 15) is 0 Å². The zero-order valence-corrected chi connectivity index (χ0v) is 16.8. The maximum absolute atomic E-state index is 4.34. The molecule has 21 heavy (non-hydrogen) atoms. The fourth-order valence-electron chi connectivity index (χ4n) is 2.51. The maximum Gasteiger partial charge on any atom is 0.191 e. The Bertz CT molecular complexity index is 308. The zero-order chi connectivity index (χ0) is 15.1. The summed E-state index contributed by atoms with van der Waals surface area (Å²) in [5, 5.41) is 6.98. The van der Waals surface area contributed by atoms with Gasteiger partial charge in [0.25, 0.3) is 0 Å². The Hall–Kier alpha value is -0.0800. The normalized spacial score (nSPS) is 23.5. The highest BCUT2D eigenvalue weighted by molar-refractivity contribution is 14.0. The highest BCUT2D eigenvalue weighted by atomic mass is 127. The first-order valence-electron chi connectivity index (χ1n) is 7.87. The molecule has 0 saturated carbocycles. The summed E-state index contributed by atoms with van der Waals surface area (Å²) < 4.78 is 0. The van der Waals surface area contributed by atoms with E-state index in [1.54, 1.807) is 0 Å². The van der Waals surface area contributed by atoms with Gasteiger partial charge in [-0.1, -0.05) is 13.8 Å². The Balaban J connectivity index is 0.00000400. The van der Waals surface area contributed by atoms with Crippen LogP contribution in [0, 0.1) is 5.92 Å². The first kappa shape index (κ1) is 20.9. The van der Waals surface area contributed by atoms with Gasteiger partial charge in [0.15, 0.2) is 5.96 Å². The number of likely N-dealkylation sites (N-methyl/N-ethyl adjacent to an activating group) is 1. The van der Waals surface area contributed by atoms with Gasteiger partial charge in [-0.3, -0.25) is 9.89 Å². The molecule has 2 N–H and O–H groups in total. The van der Waals surface area contributed by atoms with Crippen LogP contribution in [0.4, 0.5) is 0 Å². The van der Waals surface area contributed by atoms with Crippen molar-refractivity contribution >= 4 is 29.9 Å². The Morgan fingerprint density at radius 3 is 2.52 bits per heavy atom. The first-order chi connectivity index (χ1) is 9.47.